The fraction of sp³-hybridized carbons (Fsp3) is 0.316. The molecule has 0 unspecified atom stereocenters. The molecule has 0 aliphatic carbocycles. The van der Waals surface area contributed by atoms with E-state index in [0.717, 1.165) is 29.3 Å². The number of aromatic carboxylic acids is 1. The number of halogens is 2. The standard InChI is InChI=1S/C19H19Cl2NO3S/c20-15-6-5-12(9-16(15)21)18-13(10-22-7-8-25-18)11-26-17-4-2-1-3-14(17)19(23)24/h1-6,9,13,18,22H,7-8,10-11H2,(H,23,24)/t13-,18-/m0/s1. The van der Waals surface area contributed by atoms with Gasteiger partial charge in [-0.05, 0) is 29.8 Å². The Balaban J connectivity index is 1.79. The largest absolute Gasteiger partial charge is 0.478 e. The van der Waals surface area contributed by atoms with Gasteiger partial charge in [-0.25, -0.2) is 4.79 Å². The van der Waals surface area contributed by atoms with Crippen LogP contribution in [0.3, 0.4) is 0 Å². The highest BCUT2D eigenvalue weighted by Crippen LogP contribution is 2.35. The highest BCUT2D eigenvalue weighted by atomic mass is 35.5. The predicted molar refractivity (Wildman–Crippen MR) is 106 cm³/mol. The molecule has 2 N–H and O–H groups in total. The molecule has 3 rings (SSSR count). The molecular formula is C19H19Cl2NO3S. The smallest absolute Gasteiger partial charge is 0.336 e. The van der Waals surface area contributed by atoms with Crippen molar-refractivity contribution >= 4 is 40.9 Å². The van der Waals surface area contributed by atoms with Crippen molar-refractivity contribution in [1.82, 2.24) is 5.32 Å². The first-order valence-corrected chi connectivity index (χ1v) is 10.0. The van der Waals surface area contributed by atoms with E-state index in [2.05, 4.69) is 5.32 Å². The van der Waals surface area contributed by atoms with E-state index in [0.29, 0.717) is 22.2 Å². The number of thioether (sulfide) groups is 1. The predicted octanol–water partition coefficient (Wildman–Crippen LogP) is 4.76. The summed E-state index contributed by atoms with van der Waals surface area (Å²) in [5.41, 5.74) is 1.31. The summed E-state index contributed by atoms with van der Waals surface area (Å²) in [4.78, 5) is 12.2. The molecule has 1 saturated heterocycles. The van der Waals surface area contributed by atoms with Gasteiger partial charge in [0, 0.05) is 29.7 Å². The van der Waals surface area contributed by atoms with Crippen LogP contribution in [0.1, 0.15) is 22.0 Å². The van der Waals surface area contributed by atoms with Crippen molar-refractivity contribution < 1.29 is 14.6 Å². The number of carboxylic acid groups (broad SMARTS) is 1. The van der Waals surface area contributed by atoms with Gasteiger partial charge < -0.3 is 15.2 Å². The van der Waals surface area contributed by atoms with E-state index in [4.69, 9.17) is 27.9 Å². The molecule has 0 bridgehead atoms. The average Bonchev–Trinajstić information content (AvgIpc) is 2.88. The van der Waals surface area contributed by atoms with Gasteiger partial charge in [0.05, 0.1) is 28.3 Å². The molecule has 1 heterocycles. The van der Waals surface area contributed by atoms with E-state index < -0.39 is 5.97 Å². The normalized spacial score (nSPS) is 20.5. The number of nitrogens with one attached hydrogen (secondary N) is 1. The maximum atomic E-state index is 11.4. The third kappa shape index (κ3) is 4.72. The van der Waals surface area contributed by atoms with Gasteiger partial charge in [0.1, 0.15) is 0 Å². The lowest BCUT2D eigenvalue weighted by molar-refractivity contribution is 0.0374. The summed E-state index contributed by atoms with van der Waals surface area (Å²) in [6.07, 6.45) is -0.121. The van der Waals surface area contributed by atoms with E-state index in [1.54, 1.807) is 18.2 Å². The van der Waals surface area contributed by atoms with Gasteiger partial charge in [-0.2, -0.15) is 0 Å². The minimum atomic E-state index is -0.913. The van der Waals surface area contributed by atoms with Gasteiger partial charge in [-0.3, -0.25) is 0 Å². The van der Waals surface area contributed by atoms with Crippen molar-refractivity contribution in [3.8, 4) is 0 Å². The second kappa shape index (κ2) is 9.11. The van der Waals surface area contributed by atoms with Gasteiger partial charge >= 0.3 is 5.97 Å². The van der Waals surface area contributed by atoms with Crippen LogP contribution < -0.4 is 5.32 Å². The van der Waals surface area contributed by atoms with Gasteiger partial charge in [-0.15, -0.1) is 11.8 Å². The monoisotopic (exact) mass is 411 g/mol. The molecule has 1 aliphatic heterocycles. The summed E-state index contributed by atoms with van der Waals surface area (Å²) < 4.78 is 6.07. The van der Waals surface area contributed by atoms with Crippen LogP contribution in [0.2, 0.25) is 10.0 Å². The molecule has 2 aromatic carbocycles. The number of ether oxygens (including phenoxy) is 1. The Morgan fingerprint density at radius 1 is 1.23 bits per heavy atom. The Labute approximate surface area is 166 Å². The number of hydrogen-bond donors (Lipinski definition) is 2. The molecule has 0 spiro atoms. The molecule has 0 radical (unpaired) electrons. The maximum absolute atomic E-state index is 11.4. The van der Waals surface area contributed by atoms with Crippen LogP contribution in [0.4, 0.5) is 0 Å². The van der Waals surface area contributed by atoms with Gasteiger partial charge in [0.25, 0.3) is 0 Å². The minimum absolute atomic E-state index is 0.121. The molecule has 26 heavy (non-hydrogen) atoms. The summed E-state index contributed by atoms with van der Waals surface area (Å²) in [6.45, 7) is 2.18. The van der Waals surface area contributed by atoms with Crippen LogP contribution in [-0.4, -0.2) is 36.5 Å². The van der Waals surface area contributed by atoms with Crippen molar-refractivity contribution in [1.29, 1.82) is 0 Å². The lowest BCUT2D eigenvalue weighted by Gasteiger charge is -2.25. The fourth-order valence-electron chi connectivity index (χ4n) is 2.96. The van der Waals surface area contributed by atoms with Crippen LogP contribution in [0.25, 0.3) is 0 Å². The minimum Gasteiger partial charge on any atom is -0.478 e. The first kappa shape index (κ1) is 19.5. The Bertz CT molecular complexity index is 787. The van der Waals surface area contributed by atoms with Crippen molar-refractivity contribution in [2.24, 2.45) is 5.92 Å². The molecule has 7 heteroatoms. The zero-order chi connectivity index (χ0) is 18.5. The molecule has 0 saturated carbocycles. The molecule has 1 aliphatic rings. The van der Waals surface area contributed by atoms with E-state index in [1.165, 1.54) is 11.8 Å². The summed E-state index contributed by atoms with van der Waals surface area (Å²) in [6, 6.07) is 12.6. The molecular weight excluding hydrogens is 393 g/mol. The Morgan fingerprint density at radius 3 is 2.81 bits per heavy atom. The van der Waals surface area contributed by atoms with Crippen LogP contribution >= 0.6 is 35.0 Å². The summed E-state index contributed by atoms with van der Waals surface area (Å²) >= 11 is 13.7. The Morgan fingerprint density at radius 2 is 2.04 bits per heavy atom. The average molecular weight is 412 g/mol. The first-order valence-electron chi connectivity index (χ1n) is 8.28. The van der Waals surface area contributed by atoms with Gasteiger partial charge in [-0.1, -0.05) is 41.4 Å². The zero-order valence-electron chi connectivity index (χ0n) is 14.0. The molecule has 0 aromatic heterocycles. The maximum Gasteiger partial charge on any atom is 0.336 e. The summed E-state index contributed by atoms with van der Waals surface area (Å²) in [5, 5.41) is 13.8. The SMILES string of the molecule is O=C(O)c1ccccc1SC[C@@H]1CNCCO[C@H]1c1ccc(Cl)c(Cl)c1. The van der Waals surface area contributed by atoms with E-state index in [-0.39, 0.29) is 12.0 Å². The highest BCUT2D eigenvalue weighted by molar-refractivity contribution is 7.99. The van der Waals surface area contributed by atoms with Crippen molar-refractivity contribution in [2.45, 2.75) is 11.0 Å². The van der Waals surface area contributed by atoms with E-state index in [9.17, 15) is 9.90 Å². The third-order valence-electron chi connectivity index (χ3n) is 4.25. The van der Waals surface area contributed by atoms with Gasteiger partial charge in [0.15, 0.2) is 0 Å². The summed E-state index contributed by atoms with van der Waals surface area (Å²) in [5.74, 6) is -0.0201. The van der Waals surface area contributed by atoms with Crippen LogP contribution in [-0.2, 0) is 4.74 Å². The second-order valence-electron chi connectivity index (χ2n) is 6.04. The molecule has 2 aromatic rings. The quantitative estimate of drug-likeness (QED) is 0.694. The zero-order valence-corrected chi connectivity index (χ0v) is 16.3. The highest BCUT2D eigenvalue weighted by Gasteiger charge is 2.27. The lowest BCUT2D eigenvalue weighted by Crippen LogP contribution is -2.26. The summed E-state index contributed by atoms with van der Waals surface area (Å²) in [7, 11) is 0. The number of hydrogen-bond acceptors (Lipinski definition) is 4. The van der Waals surface area contributed by atoms with Crippen molar-refractivity contribution in [2.75, 3.05) is 25.4 Å². The van der Waals surface area contributed by atoms with Crippen LogP contribution in [0.5, 0.6) is 0 Å². The topological polar surface area (TPSA) is 58.6 Å². The lowest BCUT2D eigenvalue weighted by atomic mass is 9.97. The number of rotatable bonds is 5. The Kier molecular flexibility index (Phi) is 6.84. The fourth-order valence-corrected chi connectivity index (χ4v) is 4.44. The molecule has 138 valence electrons. The van der Waals surface area contributed by atoms with Crippen LogP contribution in [0, 0.1) is 5.92 Å². The number of carboxylic acids is 1. The Hall–Kier alpha value is -1.24. The molecule has 0 amide bonds. The number of carbonyl (C=O) groups is 1. The second-order valence-corrected chi connectivity index (χ2v) is 7.92. The van der Waals surface area contributed by atoms with Crippen molar-refractivity contribution in [3.05, 3.63) is 63.6 Å². The molecule has 1 fully saturated rings. The van der Waals surface area contributed by atoms with Gasteiger partial charge in [0.2, 0.25) is 0 Å². The first-order chi connectivity index (χ1) is 12.6. The molecule has 2 atom stereocenters. The van der Waals surface area contributed by atoms with E-state index >= 15 is 0 Å². The van der Waals surface area contributed by atoms with E-state index in [1.807, 2.05) is 24.3 Å². The van der Waals surface area contributed by atoms with Crippen LogP contribution in [0.15, 0.2) is 47.4 Å². The number of benzene rings is 2. The van der Waals surface area contributed by atoms with Crippen molar-refractivity contribution in [3.63, 3.8) is 0 Å². The molecule has 4 nitrogen and oxygen atoms in total. The third-order valence-corrected chi connectivity index (χ3v) is 6.25.